The molecular weight excluding hydrogens is 198 g/mol. The highest BCUT2D eigenvalue weighted by atomic mass is 16.5. The third kappa shape index (κ3) is 3.95. The molecular formula is C14H21NO. The molecule has 1 aromatic carbocycles. The molecule has 0 saturated carbocycles. The number of rotatable bonds is 5. The molecule has 0 aromatic heterocycles. The maximum Gasteiger partial charge on any atom is 0.0480 e. The lowest BCUT2D eigenvalue weighted by Crippen LogP contribution is -2.35. The average molecular weight is 219 g/mol. The Kier molecular flexibility index (Phi) is 4.84. The van der Waals surface area contributed by atoms with Gasteiger partial charge in [0, 0.05) is 19.3 Å². The average Bonchev–Trinajstić information content (AvgIpc) is 2.37. The number of nitrogens with one attached hydrogen (secondary N) is 1. The molecule has 1 fully saturated rings. The van der Waals surface area contributed by atoms with Gasteiger partial charge in [-0.3, -0.25) is 0 Å². The molecule has 16 heavy (non-hydrogen) atoms. The van der Waals surface area contributed by atoms with Crippen molar-refractivity contribution in [2.75, 3.05) is 19.8 Å². The highest BCUT2D eigenvalue weighted by Gasteiger charge is 2.11. The quantitative estimate of drug-likeness (QED) is 0.768. The first-order valence-electron chi connectivity index (χ1n) is 6.30. The second-order valence-corrected chi connectivity index (χ2v) is 4.43. The molecule has 2 rings (SSSR count). The lowest BCUT2D eigenvalue weighted by molar-refractivity contribution is 0.0780. The van der Waals surface area contributed by atoms with Crippen molar-refractivity contribution in [2.24, 2.45) is 0 Å². The standard InChI is InChI=1S/C14H21NO/c1-2-5-13(6-3-1)7-4-10-15-14-8-11-16-12-9-14/h1-3,5-6,14-15H,4,7-12H2. The minimum atomic E-state index is 0.685. The van der Waals surface area contributed by atoms with Crippen molar-refractivity contribution < 1.29 is 4.74 Å². The molecule has 0 unspecified atom stereocenters. The number of hydrogen-bond donors (Lipinski definition) is 1. The molecule has 1 aromatic rings. The Morgan fingerprint density at radius 3 is 2.62 bits per heavy atom. The predicted octanol–water partition coefficient (Wildman–Crippen LogP) is 2.39. The molecule has 0 atom stereocenters. The summed E-state index contributed by atoms with van der Waals surface area (Å²) in [5.74, 6) is 0. The zero-order valence-corrected chi connectivity index (χ0v) is 9.82. The van der Waals surface area contributed by atoms with Crippen molar-refractivity contribution in [3.8, 4) is 0 Å². The molecule has 1 aliphatic rings. The van der Waals surface area contributed by atoms with E-state index in [4.69, 9.17) is 4.74 Å². The van der Waals surface area contributed by atoms with E-state index in [0.717, 1.165) is 19.8 Å². The van der Waals surface area contributed by atoms with E-state index in [1.54, 1.807) is 0 Å². The minimum absolute atomic E-state index is 0.685. The second-order valence-electron chi connectivity index (χ2n) is 4.43. The van der Waals surface area contributed by atoms with Crippen LogP contribution in [0.3, 0.4) is 0 Å². The first-order chi connectivity index (χ1) is 7.95. The molecule has 0 aliphatic carbocycles. The van der Waals surface area contributed by atoms with Crippen LogP contribution in [-0.2, 0) is 11.2 Å². The van der Waals surface area contributed by atoms with Crippen molar-refractivity contribution in [1.82, 2.24) is 5.32 Å². The van der Waals surface area contributed by atoms with Gasteiger partial charge in [-0.2, -0.15) is 0 Å². The van der Waals surface area contributed by atoms with E-state index in [9.17, 15) is 0 Å². The molecule has 0 spiro atoms. The molecule has 88 valence electrons. The van der Waals surface area contributed by atoms with Crippen LogP contribution in [0.1, 0.15) is 24.8 Å². The summed E-state index contributed by atoms with van der Waals surface area (Å²) in [5.41, 5.74) is 1.44. The predicted molar refractivity (Wildman–Crippen MR) is 66.6 cm³/mol. The van der Waals surface area contributed by atoms with E-state index >= 15 is 0 Å². The summed E-state index contributed by atoms with van der Waals surface area (Å²) in [4.78, 5) is 0. The largest absolute Gasteiger partial charge is 0.381 e. The van der Waals surface area contributed by atoms with Gasteiger partial charge in [0.25, 0.3) is 0 Å². The second kappa shape index (κ2) is 6.66. The topological polar surface area (TPSA) is 21.3 Å². The van der Waals surface area contributed by atoms with E-state index in [2.05, 4.69) is 35.6 Å². The third-order valence-electron chi connectivity index (χ3n) is 3.14. The fraction of sp³-hybridized carbons (Fsp3) is 0.571. The van der Waals surface area contributed by atoms with Crippen molar-refractivity contribution in [1.29, 1.82) is 0 Å². The van der Waals surface area contributed by atoms with Crippen LogP contribution in [0.5, 0.6) is 0 Å². The minimum Gasteiger partial charge on any atom is -0.381 e. The summed E-state index contributed by atoms with van der Waals surface area (Å²) in [5, 5.41) is 3.61. The highest BCUT2D eigenvalue weighted by Crippen LogP contribution is 2.06. The van der Waals surface area contributed by atoms with Gasteiger partial charge in [-0.15, -0.1) is 0 Å². The van der Waals surface area contributed by atoms with Crippen molar-refractivity contribution in [2.45, 2.75) is 31.7 Å². The molecule has 0 amide bonds. The summed E-state index contributed by atoms with van der Waals surface area (Å²) in [6.07, 6.45) is 4.75. The Bertz CT molecular complexity index is 280. The van der Waals surface area contributed by atoms with Crippen LogP contribution >= 0.6 is 0 Å². The SMILES string of the molecule is c1ccc(CCCNC2CCOCC2)cc1. The van der Waals surface area contributed by atoms with Gasteiger partial charge in [0.05, 0.1) is 0 Å². The van der Waals surface area contributed by atoms with E-state index in [1.807, 2.05) is 0 Å². The van der Waals surface area contributed by atoms with Crippen LogP contribution in [0.25, 0.3) is 0 Å². The van der Waals surface area contributed by atoms with Crippen LogP contribution in [-0.4, -0.2) is 25.8 Å². The van der Waals surface area contributed by atoms with Gasteiger partial charge in [0.1, 0.15) is 0 Å². The first kappa shape index (κ1) is 11.6. The van der Waals surface area contributed by atoms with Crippen molar-refractivity contribution in [3.63, 3.8) is 0 Å². The molecule has 2 heteroatoms. The first-order valence-corrected chi connectivity index (χ1v) is 6.30. The van der Waals surface area contributed by atoms with Crippen LogP contribution in [0, 0.1) is 0 Å². The zero-order valence-electron chi connectivity index (χ0n) is 9.82. The van der Waals surface area contributed by atoms with Gasteiger partial charge in [-0.25, -0.2) is 0 Å². The van der Waals surface area contributed by atoms with Gasteiger partial charge in [-0.05, 0) is 37.8 Å². The number of ether oxygens (including phenoxy) is 1. The molecule has 1 aliphatic heterocycles. The van der Waals surface area contributed by atoms with Gasteiger partial charge >= 0.3 is 0 Å². The molecule has 1 heterocycles. The molecule has 0 bridgehead atoms. The Labute approximate surface area is 98.0 Å². The lowest BCUT2D eigenvalue weighted by atomic mass is 10.1. The maximum atomic E-state index is 5.34. The number of benzene rings is 1. The van der Waals surface area contributed by atoms with E-state index in [0.29, 0.717) is 6.04 Å². The number of aryl methyl sites for hydroxylation is 1. The summed E-state index contributed by atoms with van der Waals surface area (Å²) < 4.78 is 5.34. The summed E-state index contributed by atoms with van der Waals surface area (Å²) in [7, 11) is 0. The third-order valence-corrected chi connectivity index (χ3v) is 3.14. The van der Waals surface area contributed by atoms with Gasteiger partial charge in [-0.1, -0.05) is 30.3 Å². The molecule has 1 saturated heterocycles. The summed E-state index contributed by atoms with van der Waals surface area (Å²) in [6.45, 7) is 2.98. The van der Waals surface area contributed by atoms with Crippen LogP contribution in [0.4, 0.5) is 0 Å². The number of hydrogen-bond acceptors (Lipinski definition) is 2. The van der Waals surface area contributed by atoms with Crippen LogP contribution in [0.2, 0.25) is 0 Å². The molecule has 2 nitrogen and oxygen atoms in total. The van der Waals surface area contributed by atoms with Crippen molar-refractivity contribution >= 4 is 0 Å². The van der Waals surface area contributed by atoms with E-state index < -0.39 is 0 Å². The van der Waals surface area contributed by atoms with E-state index in [1.165, 1.54) is 31.2 Å². The van der Waals surface area contributed by atoms with Crippen LogP contribution in [0.15, 0.2) is 30.3 Å². The monoisotopic (exact) mass is 219 g/mol. The van der Waals surface area contributed by atoms with Crippen LogP contribution < -0.4 is 5.32 Å². The molecule has 0 radical (unpaired) electrons. The lowest BCUT2D eigenvalue weighted by Gasteiger charge is -2.23. The Morgan fingerprint density at radius 2 is 1.88 bits per heavy atom. The Morgan fingerprint density at radius 1 is 1.12 bits per heavy atom. The highest BCUT2D eigenvalue weighted by molar-refractivity contribution is 5.14. The summed E-state index contributed by atoms with van der Waals surface area (Å²) in [6, 6.07) is 11.4. The maximum absolute atomic E-state index is 5.34. The Hall–Kier alpha value is -0.860. The summed E-state index contributed by atoms with van der Waals surface area (Å²) >= 11 is 0. The molecule has 1 N–H and O–H groups in total. The normalized spacial score (nSPS) is 17.5. The van der Waals surface area contributed by atoms with Crippen molar-refractivity contribution in [3.05, 3.63) is 35.9 Å². The van der Waals surface area contributed by atoms with Gasteiger partial charge in [0.15, 0.2) is 0 Å². The van der Waals surface area contributed by atoms with Gasteiger partial charge < -0.3 is 10.1 Å². The van der Waals surface area contributed by atoms with Gasteiger partial charge in [0.2, 0.25) is 0 Å². The Balaban J connectivity index is 1.58. The zero-order chi connectivity index (χ0) is 11.1. The van der Waals surface area contributed by atoms with E-state index in [-0.39, 0.29) is 0 Å². The fourth-order valence-corrected chi connectivity index (χ4v) is 2.15. The fourth-order valence-electron chi connectivity index (χ4n) is 2.15. The smallest absolute Gasteiger partial charge is 0.0480 e.